The van der Waals surface area contributed by atoms with Crippen molar-refractivity contribution < 1.29 is 17.9 Å². The molecule has 0 N–H and O–H groups in total. The van der Waals surface area contributed by atoms with Gasteiger partial charge in [0.15, 0.2) is 0 Å². The molecule has 1 aliphatic carbocycles. The number of halogens is 2. The second kappa shape index (κ2) is 11.3. The third-order valence-electron chi connectivity index (χ3n) is 9.36. The fourth-order valence-corrected chi connectivity index (χ4v) is 24.6. The van der Waals surface area contributed by atoms with Crippen molar-refractivity contribution in [2.75, 3.05) is 0 Å². The first kappa shape index (κ1) is 28.2. The molecule has 2 aliphatic rings. The Morgan fingerprint density at radius 3 is 1.86 bits per heavy atom. The molecule has 1 unspecified atom stereocenters. The molecule has 0 spiro atoms. The van der Waals surface area contributed by atoms with Crippen molar-refractivity contribution in [1.29, 1.82) is 0 Å². The molecule has 0 nitrogen and oxygen atoms in total. The Morgan fingerprint density at radius 2 is 1.14 bits per heavy atom. The first-order chi connectivity index (χ1) is 21.5. The van der Waals surface area contributed by atoms with E-state index in [1.54, 1.807) is 0 Å². The zero-order chi connectivity index (χ0) is 29.8. The molecule has 1 heterocycles. The van der Waals surface area contributed by atoms with E-state index in [-0.39, 0.29) is 3.63 Å². The molecule has 1 aliphatic heterocycles. The van der Waals surface area contributed by atoms with Gasteiger partial charge in [0.2, 0.25) is 0 Å². The Hall–Kier alpha value is -3.26. The third-order valence-corrected chi connectivity index (χ3v) is 23.9. The summed E-state index contributed by atoms with van der Waals surface area (Å²) >= 11 is -4.03. The van der Waals surface area contributed by atoms with Gasteiger partial charge in [0.25, 0.3) is 0 Å². The van der Waals surface area contributed by atoms with E-state index in [4.69, 9.17) is 17.0 Å². The molecule has 0 fully saturated rings. The summed E-state index contributed by atoms with van der Waals surface area (Å²) < 4.78 is 1.31. The Balaban J connectivity index is 1.34. The summed E-state index contributed by atoms with van der Waals surface area (Å²) in [6.45, 7) is 2.24. The second-order valence-corrected chi connectivity index (χ2v) is 27.7. The number of benzene rings is 6. The fourth-order valence-electron chi connectivity index (χ4n) is 7.42. The average molecular weight is 701 g/mol. The van der Waals surface area contributed by atoms with Crippen LogP contribution in [0.2, 0.25) is 0 Å². The normalized spacial score (nSPS) is 15.5. The fraction of sp³-hybridized carbons (Fsp3) is 0.0500. The second-order valence-electron chi connectivity index (χ2n) is 11.9. The molecule has 6 aromatic carbocycles. The molecule has 0 bridgehead atoms. The average Bonchev–Trinajstić information content (AvgIpc) is 3.62. The number of rotatable bonds is 5. The summed E-state index contributed by atoms with van der Waals surface area (Å²) in [4.78, 5) is 0. The molecular weight excluding hydrogens is 671 g/mol. The van der Waals surface area contributed by atoms with Crippen LogP contribution in [0.3, 0.4) is 0 Å². The standard InChI is InChI=1S/C28H21.C12H9Si.2ClH.Zr/c1-20-18-23-16-17-25(22-12-6-3-7-13-22)28(27(23)19-20)26-15-9-8-14-24(26)21-10-4-2-5-11-21;1-3-7-11-9(5-1)10-6-2-4-8-12(10)13-11;;;/h2-19H,1H3;1-7H,13H2;2*1H;/q;;;;+2/p-2. The summed E-state index contributed by atoms with van der Waals surface area (Å²) in [5.41, 5.74) is 13.9. The van der Waals surface area contributed by atoms with E-state index < -0.39 is 27.4 Å². The number of hydrogen-bond acceptors (Lipinski definition) is 0. The molecule has 0 saturated heterocycles. The molecule has 8 rings (SSSR count). The molecule has 212 valence electrons. The molecular formula is C40H30Cl2SiZr. The molecule has 0 radical (unpaired) electrons. The van der Waals surface area contributed by atoms with Crippen LogP contribution in [0.4, 0.5) is 0 Å². The van der Waals surface area contributed by atoms with Crippen molar-refractivity contribution in [2.45, 2.75) is 10.5 Å². The van der Waals surface area contributed by atoms with Gasteiger partial charge in [0, 0.05) is 0 Å². The van der Waals surface area contributed by atoms with Gasteiger partial charge in [0.05, 0.1) is 0 Å². The van der Waals surface area contributed by atoms with Gasteiger partial charge in [-0.3, -0.25) is 0 Å². The molecule has 0 amide bonds. The number of hydrogen-bond donors (Lipinski definition) is 0. The van der Waals surface area contributed by atoms with E-state index in [1.807, 2.05) is 0 Å². The van der Waals surface area contributed by atoms with Gasteiger partial charge in [-0.1, -0.05) is 0 Å². The van der Waals surface area contributed by atoms with Gasteiger partial charge in [0.1, 0.15) is 0 Å². The van der Waals surface area contributed by atoms with Crippen LogP contribution in [-0.4, -0.2) is 9.52 Å². The molecule has 0 aromatic heterocycles. The van der Waals surface area contributed by atoms with Crippen LogP contribution in [0.1, 0.15) is 21.7 Å². The van der Waals surface area contributed by atoms with Crippen molar-refractivity contribution in [3.05, 3.63) is 156 Å². The zero-order valence-electron chi connectivity index (χ0n) is 24.4. The Labute approximate surface area is 273 Å². The van der Waals surface area contributed by atoms with Crippen molar-refractivity contribution in [3.63, 3.8) is 0 Å². The maximum atomic E-state index is 7.86. The van der Waals surface area contributed by atoms with Gasteiger partial charge in [-0.25, -0.2) is 0 Å². The third kappa shape index (κ3) is 4.58. The minimum absolute atomic E-state index is 0.0410. The maximum absolute atomic E-state index is 7.86. The zero-order valence-corrected chi connectivity index (χ0v) is 29.8. The van der Waals surface area contributed by atoms with Crippen molar-refractivity contribution in [2.24, 2.45) is 0 Å². The van der Waals surface area contributed by atoms with Gasteiger partial charge < -0.3 is 0 Å². The van der Waals surface area contributed by atoms with Gasteiger partial charge in [-0.2, -0.15) is 0 Å². The van der Waals surface area contributed by atoms with Crippen molar-refractivity contribution in [1.82, 2.24) is 0 Å². The SMILES string of the molecule is CC1=Cc2c(ccc(-c3ccccc3)c2-c2ccccc2-c2ccccc2)[CH]1[Zr]([Cl])([Cl])[c]1cccc2c1[SiH2]c1ccccc1-2. The summed E-state index contributed by atoms with van der Waals surface area (Å²) in [5, 5.41) is 2.96. The quantitative estimate of drug-likeness (QED) is 0.157. The minimum atomic E-state index is -4.03. The van der Waals surface area contributed by atoms with Crippen LogP contribution in [-0.2, 0) is 17.9 Å². The van der Waals surface area contributed by atoms with E-state index in [0.29, 0.717) is 0 Å². The van der Waals surface area contributed by atoms with Crippen LogP contribution < -0.4 is 13.6 Å². The molecule has 4 heteroatoms. The Kier molecular flexibility index (Phi) is 7.23. The van der Waals surface area contributed by atoms with E-state index in [9.17, 15) is 0 Å². The summed E-state index contributed by atoms with van der Waals surface area (Å²) in [7, 11) is 15.1. The summed E-state index contributed by atoms with van der Waals surface area (Å²) in [6.07, 6.45) is 2.38. The van der Waals surface area contributed by atoms with E-state index in [0.717, 1.165) is 0 Å². The summed E-state index contributed by atoms with van der Waals surface area (Å²) in [6, 6.07) is 50.4. The Morgan fingerprint density at radius 1 is 0.545 bits per heavy atom. The summed E-state index contributed by atoms with van der Waals surface area (Å²) in [5.74, 6) is 0. The van der Waals surface area contributed by atoms with E-state index in [2.05, 4.69) is 153 Å². The molecule has 1 atom stereocenters. The van der Waals surface area contributed by atoms with Crippen LogP contribution in [0, 0.1) is 0 Å². The van der Waals surface area contributed by atoms with Crippen LogP contribution in [0.15, 0.2) is 145 Å². The van der Waals surface area contributed by atoms with Gasteiger partial charge in [-0.05, 0) is 0 Å². The van der Waals surface area contributed by atoms with Crippen LogP contribution >= 0.6 is 17.0 Å². The van der Waals surface area contributed by atoms with E-state index >= 15 is 0 Å². The number of allylic oxidation sites excluding steroid dienone is 1. The predicted molar refractivity (Wildman–Crippen MR) is 190 cm³/mol. The first-order valence-electron chi connectivity index (χ1n) is 15.2. The molecule has 44 heavy (non-hydrogen) atoms. The monoisotopic (exact) mass is 698 g/mol. The number of fused-ring (bicyclic) bond motifs is 4. The van der Waals surface area contributed by atoms with Crippen LogP contribution in [0.5, 0.6) is 0 Å². The van der Waals surface area contributed by atoms with Crippen molar-refractivity contribution >= 4 is 46.3 Å². The predicted octanol–water partition coefficient (Wildman–Crippen LogP) is 9.03. The van der Waals surface area contributed by atoms with Crippen LogP contribution in [0.25, 0.3) is 50.6 Å². The van der Waals surface area contributed by atoms with Crippen molar-refractivity contribution in [3.8, 4) is 44.5 Å². The Bertz CT molecular complexity index is 2080. The topological polar surface area (TPSA) is 0 Å². The first-order valence-corrected chi connectivity index (χ1v) is 25.6. The van der Waals surface area contributed by atoms with Gasteiger partial charge in [-0.15, -0.1) is 0 Å². The molecule has 6 aromatic rings. The van der Waals surface area contributed by atoms with Gasteiger partial charge >= 0.3 is 275 Å². The molecule has 0 saturated carbocycles. The van der Waals surface area contributed by atoms with E-state index in [1.165, 1.54) is 74.9 Å².